The third-order valence-corrected chi connectivity index (χ3v) is 4.01. The zero-order chi connectivity index (χ0) is 22.8. The van der Waals surface area contributed by atoms with Gasteiger partial charge in [0.05, 0.1) is 12.1 Å². The first-order valence-electron chi connectivity index (χ1n) is 9.62. The van der Waals surface area contributed by atoms with Crippen molar-refractivity contribution in [2.45, 2.75) is 20.8 Å². The van der Waals surface area contributed by atoms with E-state index >= 15 is 0 Å². The van der Waals surface area contributed by atoms with E-state index in [1.54, 1.807) is 6.07 Å². The Morgan fingerprint density at radius 2 is 1.94 bits per heavy atom. The number of anilines is 3. The summed E-state index contributed by atoms with van der Waals surface area (Å²) in [6.45, 7) is 9.78. The molecule has 0 saturated heterocycles. The minimum Gasteiger partial charge on any atom is -0.453 e. The molecule has 8 heteroatoms. The summed E-state index contributed by atoms with van der Waals surface area (Å²) in [5.74, 6) is 0.794. The number of ether oxygens (including phenoxy) is 1. The van der Waals surface area contributed by atoms with Gasteiger partial charge in [0.15, 0.2) is 0 Å². The number of nitrogens with zero attached hydrogens (tertiary/aromatic N) is 2. The van der Waals surface area contributed by atoms with Crippen LogP contribution in [0.1, 0.15) is 19.4 Å². The SMILES string of the molecule is C=CC(=O)Nc1ccc2ncnc(Nc3cccc(C)c3)c2c1.CC(C)COC(=O)Cl. The lowest BCUT2D eigenvalue weighted by Crippen LogP contribution is -2.07. The molecule has 1 heterocycles. The van der Waals surface area contributed by atoms with Crippen LogP contribution in [0.25, 0.3) is 10.9 Å². The predicted octanol–water partition coefficient (Wildman–Crippen LogP) is 5.82. The normalized spacial score (nSPS) is 10.1. The van der Waals surface area contributed by atoms with Crippen LogP contribution in [-0.4, -0.2) is 27.9 Å². The number of aryl methyl sites for hydroxylation is 1. The first kappa shape index (κ1) is 23.8. The molecule has 0 aliphatic carbocycles. The van der Waals surface area contributed by atoms with E-state index in [0.717, 1.165) is 22.2 Å². The molecule has 0 aliphatic heterocycles. The Kier molecular flexibility index (Phi) is 8.96. The summed E-state index contributed by atoms with van der Waals surface area (Å²) >= 11 is 4.86. The van der Waals surface area contributed by atoms with Crippen LogP contribution < -0.4 is 10.6 Å². The van der Waals surface area contributed by atoms with Crippen molar-refractivity contribution in [1.82, 2.24) is 9.97 Å². The van der Waals surface area contributed by atoms with Gasteiger partial charge in [-0.1, -0.05) is 32.6 Å². The summed E-state index contributed by atoms with van der Waals surface area (Å²) < 4.78 is 4.43. The smallest absolute Gasteiger partial charge is 0.403 e. The Morgan fingerprint density at radius 3 is 2.55 bits per heavy atom. The number of aromatic nitrogens is 2. The van der Waals surface area contributed by atoms with Crippen LogP contribution in [0, 0.1) is 12.8 Å². The molecular weight excluding hydrogens is 416 g/mol. The number of hydrogen-bond acceptors (Lipinski definition) is 6. The van der Waals surface area contributed by atoms with Gasteiger partial charge in [0.25, 0.3) is 0 Å². The van der Waals surface area contributed by atoms with Crippen molar-refractivity contribution < 1.29 is 14.3 Å². The summed E-state index contributed by atoms with van der Waals surface area (Å²) in [4.78, 5) is 29.9. The second-order valence-electron chi connectivity index (χ2n) is 7.08. The Hall–Kier alpha value is -3.45. The van der Waals surface area contributed by atoms with E-state index in [0.29, 0.717) is 24.0 Å². The lowest BCUT2D eigenvalue weighted by atomic mass is 10.2. The van der Waals surface area contributed by atoms with Crippen molar-refractivity contribution >= 4 is 51.0 Å². The molecule has 31 heavy (non-hydrogen) atoms. The maximum absolute atomic E-state index is 11.5. The van der Waals surface area contributed by atoms with Crippen molar-refractivity contribution in [3.05, 3.63) is 67.0 Å². The van der Waals surface area contributed by atoms with Crippen LogP contribution in [0.15, 0.2) is 61.4 Å². The van der Waals surface area contributed by atoms with E-state index in [4.69, 9.17) is 11.6 Å². The number of carbonyl (C=O) groups excluding carboxylic acids is 2. The summed E-state index contributed by atoms with van der Waals surface area (Å²) in [6.07, 6.45) is 2.75. The van der Waals surface area contributed by atoms with Gasteiger partial charge in [0, 0.05) is 28.4 Å². The van der Waals surface area contributed by atoms with Gasteiger partial charge in [-0.05, 0) is 54.8 Å². The predicted molar refractivity (Wildman–Crippen MR) is 125 cm³/mol. The molecule has 0 bridgehead atoms. The standard InChI is InChI=1S/C18H16N4O.C5H9ClO2/c1-3-17(23)21-14-7-8-16-15(10-14)18(20-11-19-16)22-13-6-4-5-12(2)9-13;1-4(2)3-8-5(6)7/h3-11H,1H2,2H3,(H,21,23)(H,19,20,22);4H,3H2,1-2H3. The largest absolute Gasteiger partial charge is 0.453 e. The summed E-state index contributed by atoms with van der Waals surface area (Å²) in [6, 6.07) is 13.5. The highest BCUT2D eigenvalue weighted by molar-refractivity contribution is 6.61. The average Bonchev–Trinajstić information content (AvgIpc) is 2.73. The van der Waals surface area contributed by atoms with E-state index in [9.17, 15) is 9.59 Å². The monoisotopic (exact) mass is 440 g/mol. The topological polar surface area (TPSA) is 93.2 Å². The van der Waals surface area contributed by atoms with E-state index in [-0.39, 0.29) is 5.91 Å². The lowest BCUT2D eigenvalue weighted by Gasteiger charge is -2.10. The van der Waals surface area contributed by atoms with E-state index in [1.165, 1.54) is 12.4 Å². The maximum atomic E-state index is 11.5. The fraction of sp³-hybridized carbons (Fsp3) is 0.217. The highest BCUT2D eigenvalue weighted by Crippen LogP contribution is 2.26. The number of rotatable bonds is 6. The van der Waals surface area contributed by atoms with Crippen molar-refractivity contribution in [2.24, 2.45) is 5.92 Å². The number of halogens is 1. The summed E-state index contributed by atoms with van der Waals surface area (Å²) in [5.41, 5.74) is 2.85. The Bertz CT molecular complexity index is 1070. The molecular formula is C23H25ClN4O3. The van der Waals surface area contributed by atoms with E-state index < -0.39 is 5.43 Å². The zero-order valence-corrected chi connectivity index (χ0v) is 18.4. The third-order valence-electron chi connectivity index (χ3n) is 3.90. The molecule has 0 radical (unpaired) electrons. The lowest BCUT2D eigenvalue weighted by molar-refractivity contribution is -0.111. The first-order valence-corrected chi connectivity index (χ1v) is 10.0. The van der Waals surface area contributed by atoms with Gasteiger partial charge in [0.1, 0.15) is 12.1 Å². The second-order valence-corrected chi connectivity index (χ2v) is 7.39. The van der Waals surface area contributed by atoms with Gasteiger partial charge in [-0.15, -0.1) is 0 Å². The molecule has 2 N–H and O–H groups in total. The molecule has 0 saturated carbocycles. The molecule has 3 aromatic rings. The Morgan fingerprint density at radius 1 is 1.16 bits per heavy atom. The average molecular weight is 441 g/mol. The fourth-order valence-electron chi connectivity index (χ4n) is 2.52. The molecule has 2 aromatic carbocycles. The number of amides is 1. The van der Waals surface area contributed by atoms with Gasteiger partial charge in [-0.25, -0.2) is 14.8 Å². The number of fused-ring (bicyclic) bond motifs is 1. The molecule has 7 nitrogen and oxygen atoms in total. The van der Waals surface area contributed by atoms with Crippen LogP contribution in [-0.2, 0) is 9.53 Å². The van der Waals surface area contributed by atoms with Crippen molar-refractivity contribution in [2.75, 3.05) is 17.2 Å². The van der Waals surface area contributed by atoms with E-state index in [2.05, 4.69) is 31.9 Å². The van der Waals surface area contributed by atoms with Gasteiger partial charge in [-0.2, -0.15) is 0 Å². The number of carbonyl (C=O) groups is 2. The minimum atomic E-state index is -0.723. The van der Waals surface area contributed by atoms with Gasteiger partial charge < -0.3 is 15.4 Å². The molecule has 1 amide bonds. The van der Waals surface area contributed by atoms with Gasteiger partial charge >= 0.3 is 5.43 Å². The summed E-state index contributed by atoms with van der Waals surface area (Å²) in [7, 11) is 0. The molecule has 0 aliphatic rings. The Labute approximate surface area is 186 Å². The molecule has 1 aromatic heterocycles. The van der Waals surface area contributed by atoms with Gasteiger partial charge in [0.2, 0.25) is 5.91 Å². The molecule has 3 rings (SSSR count). The minimum absolute atomic E-state index is 0.255. The Balaban J connectivity index is 0.000000366. The van der Waals surface area contributed by atoms with Crippen molar-refractivity contribution in [3.63, 3.8) is 0 Å². The number of hydrogen-bond donors (Lipinski definition) is 2. The van der Waals surface area contributed by atoms with Crippen LogP contribution in [0.4, 0.5) is 22.0 Å². The fourth-order valence-corrected chi connectivity index (χ4v) is 2.58. The van der Waals surface area contributed by atoms with Crippen molar-refractivity contribution in [3.8, 4) is 0 Å². The summed E-state index contributed by atoms with van der Waals surface area (Å²) in [5, 5.41) is 6.87. The van der Waals surface area contributed by atoms with Crippen molar-refractivity contribution in [1.29, 1.82) is 0 Å². The highest BCUT2D eigenvalue weighted by atomic mass is 35.5. The number of nitrogens with one attached hydrogen (secondary N) is 2. The first-order chi connectivity index (χ1) is 14.8. The van der Waals surface area contributed by atoms with Crippen LogP contribution in [0.5, 0.6) is 0 Å². The zero-order valence-electron chi connectivity index (χ0n) is 17.7. The van der Waals surface area contributed by atoms with Crippen LogP contribution in [0.3, 0.4) is 0 Å². The molecule has 0 fully saturated rings. The van der Waals surface area contributed by atoms with Gasteiger partial charge in [-0.3, -0.25) is 4.79 Å². The van der Waals surface area contributed by atoms with Crippen LogP contribution >= 0.6 is 11.6 Å². The molecule has 0 spiro atoms. The maximum Gasteiger partial charge on any atom is 0.403 e. The van der Waals surface area contributed by atoms with Crippen LogP contribution in [0.2, 0.25) is 0 Å². The quantitative estimate of drug-likeness (QED) is 0.370. The molecule has 0 atom stereocenters. The molecule has 0 unspecified atom stereocenters. The van der Waals surface area contributed by atoms with E-state index in [1.807, 2.05) is 57.2 Å². The number of benzene rings is 2. The second kappa shape index (κ2) is 11.7. The third kappa shape index (κ3) is 8.06. The highest BCUT2D eigenvalue weighted by Gasteiger charge is 2.07. The molecule has 162 valence electrons.